The first kappa shape index (κ1) is 26.4. The number of rotatable bonds is 11. The van der Waals surface area contributed by atoms with Gasteiger partial charge in [-0.25, -0.2) is 0 Å². The number of amides is 1. The van der Waals surface area contributed by atoms with E-state index in [1.807, 2.05) is 36.4 Å². The van der Waals surface area contributed by atoms with Gasteiger partial charge in [-0.3, -0.25) is 14.9 Å². The minimum Gasteiger partial charge on any atom is -0.493 e. The largest absolute Gasteiger partial charge is 0.493 e. The van der Waals surface area contributed by atoms with Crippen LogP contribution in [0.25, 0.3) is 6.08 Å². The van der Waals surface area contributed by atoms with Crippen LogP contribution in [-0.4, -0.2) is 24.5 Å². The normalized spacial score (nSPS) is 10.9. The summed E-state index contributed by atoms with van der Waals surface area (Å²) in [7, 11) is 1.47. The highest BCUT2D eigenvalue weighted by Crippen LogP contribution is 2.38. The van der Waals surface area contributed by atoms with Gasteiger partial charge in [0, 0.05) is 18.7 Å². The van der Waals surface area contributed by atoms with Gasteiger partial charge >= 0.3 is 0 Å². The molecule has 1 N–H and O–H groups in total. The zero-order valence-electron chi connectivity index (χ0n) is 19.6. The number of methoxy groups -OCH3 is 1. The monoisotopic (exact) mass is 549 g/mol. The Morgan fingerprint density at radius 1 is 1.14 bits per heavy atom. The topological polar surface area (TPSA) is 114 Å². The molecule has 0 atom stereocenters. The number of ether oxygens (including phenoxy) is 2. The van der Waals surface area contributed by atoms with Gasteiger partial charge < -0.3 is 14.8 Å². The zero-order chi connectivity index (χ0) is 25.9. The number of benzene rings is 3. The predicted molar refractivity (Wildman–Crippen MR) is 139 cm³/mol. The smallest absolute Gasteiger partial charge is 0.269 e. The molecule has 0 bridgehead atoms. The minimum absolute atomic E-state index is 0.0232. The van der Waals surface area contributed by atoms with Crippen LogP contribution in [0.1, 0.15) is 23.1 Å². The molecular formula is C27H24BrN3O5. The lowest BCUT2D eigenvalue weighted by Crippen LogP contribution is -2.25. The van der Waals surface area contributed by atoms with Crippen molar-refractivity contribution in [1.29, 1.82) is 5.26 Å². The van der Waals surface area contributed by atoms with Crippen LogP contribution in [0.5, 0.6) is 11.5 Å². The maximum atomic E-state index is 12.5. The van der Waals surface area contributed by atoms with E-state index in [4.69, 9.17) is 9.47 Å². The van der Waals surface area contributed by atoms with Crippen molar-refractivity contribution in [2.24, 2.45) is 0 Å². The Balaban J connectivity index is 1.67. The first-order valence-corrected chi connectivity index (χ1v) is 11.9. The number of nitrogens with zero attached hydrogens (tertiary/aromatic N) is 2. The SMILES string of the molecule is COc1cc(/C=C(/C#N)C(=O)NCCCc2ccccc2)cc(Br)c1OCc1cccc([N+](=O)[O-])c1. The Kier molecular flexibility index (Phi) is 9.60. The van der Waals surface area contributed by atoms with Crippen molar-refractivity contribution in [2.75, 3.05) is 13.7 Å². The molecule has 8 nitrogen and oxygen atoms in total. The van der Waals surface area contributed by atoms with Gasteiger partial charge in [-0.05, 0) is 63.7 Å². The van der Waals surface area contributed by atoms with Crippen molar-refractivity contribution < 1.29 is 19.2 Å². The summed E-state index contributed by atoms with van der Waals surface area (Å²) in [5, 5.41) is 23.3. The highest BCUT2D eigenvalue weighted by atomic mass is 79.9. The third kappa shape index (κ3) is 7.42. The summed E-state index contributed by atoms with van der Waals surface area (Å²) in [6.45, 7) is 0.533. The number of nitrogens with one attached hydrogen (secondary N) is 1. The molecule has 36 heavy (non-hydrogen) atoms. The van der Waals surface area contributed by atoms with Crippen molar-refractivity contribution in [1.82, 2.24) is 5.32 Å². The van der Waals surface area contributed by atoms with E-state index in [2.05, 4.69) is 21.2 Å². The van der Waals surface area contributed by atoms with Crippen LogP contribution in [0, 0.1) is 21.4 Å². The summed E-state index contributed by atoms with van der Waals surface area (Å²) in [6.07, 6.45) is 3.06. The van der Waals surface area contributed by atoms with Gasteiger partial charge in [0.25, 0.3) is 11.6 Å². The second-order valence-corrected chi connectivity index (χ2v) is 8.62. The fourth-order valence-corrected chi connectivity index (χ4v) is 4.00. The summed E-state index contributed by atoms with van der Waals surface area (Å²) in [4.78, 5) is 23.0. The lowest BCUT2D eigenvalue weighted by Gasteiger charge is -2.14. The van der Waals surface area contributed by atoms with Gasteiger partial charge in [-0.1, -0.05) is 42.5 Å². The molecule has 0 radical (unpaired) electrons. The first-order chi connectivity index (χ1) is 17.4. The van der Waals surface area contributed by atoms with Gasteiger partial charge in [-0.2, -0.15) is 5.26 Å². The van der Waals surface area contributed by atoms with E-state index in [1.54, 1.807) is 24.3 Å². The summed E-state index contributed by atoms with van der Waals surface area (Å²) in [5.74, 6) is 0.318. The van der Waals surface area contributed by atoms with Crippen LogP contribution < -0.4 is 14.8 Å². The lowest BCUT2D eigenvalue weighted by atomic mass is 10.1. The number of non-ortho nitro benzene ring substituents is 1. The molecule has 0 aliphatic rings. The van der Waals surface area contributed by atoms with Crippen molar-refractivity contribution in [3.63, 3.8) is 0 Å². The molecule has 0 aliphatic heterocycles. The van der Waals surface area contributed by atoms with Gasteiger partial charge in [0.05, 0.1) is 16.5 Å². The molecule has 0 aromatic heterocycles. The van der Waals surface area contributed by atoms with Crippen molar-refractivity contribution in [3.8, 4) is 17.6 Å². The maximum absolute atomic E-state index is 12.5. The number of carbonyl (C=O) groups excluding carboxylic acids is 1. The Bertz CT molecular complexity index is 1300. The van der Waals surface area contributed by atoms with E-state index in [0.29, 0.717) is 33.6 Å². The minimum atomic E-state index is -0.465. The highest BCUT2D eigenvalue weighted by Gasteiger charge is 2.15. The third-order valence-corrected chi connectivity index (χ3v) is 5.79. The van der Waals surface area contributed by atoms with Crippen molar-refractivity contribution >= 4 is 33.6 Å². The van der Waals surface area contributed by atoms with Crippen LogP contribution in [0.4, 0.5) is 5.69 Å². The van der Waals surface area contributed by atoms with E-state index in [-0.39, 0.29) is 17.9 Å². The van der Waals surface area contributed by atoms with Crippen LogP contribution in [0.2, 0.25) is 0 Å². The van der Waals surface area contributed by atoms with Gasteiger partial charge in [0.1, 0.15) is 18.2 Å². The van der Waals surface area contributed by atoms with E-state index in [1.165, 1.54) is 30.9 Å². The van der Waals surface area contributed by atoms with E-state index in [0.717, 1.165) is 12.8 Å². The molecule has 9 heteroatoms. The van der Waals surface area contributed by atoms with E-state index < -0.39 is 10.8 Å². The Labute approximate surface area is 217 Å². The third-order valence-electron chi connectivity index (χ3n) is 5.20. The zero-order valence-corrected chi connectivity index (χ0v) is 21.2. The van der Waals surface area contributed by atoms with Gasteiger partial charge in [0.15, 0.2) is 11.5 Å². The van der Waals surface area contributed by atoms with Crippen LogP contribution in [-0.2, 0) is 17.8 Å². The van der Waals surface area contributed by atoms with Crippen LogP contribution >= 0.6 is 15.9 Å². The quantitative estimate of drug-likeness (QED) is 0.109. The molecule has 1 amide bonds. The molecule has 3 aromatic rings. The number of hydrogen-bond acceptors (Lipinski definition) is 6. The predicted octanol–water partition coefficient (Wildman–Crippen LogP) is 5.60. The number of aryl methyl sites for hydroxylation is 1. The molecule has 0 saturated heterocycles. The molecule has 0 spiro atoms. The maximum Gasteiger partial charge on any atom is 0.269 e. The summed E-state index contributed by atoms with van der Waals surface area (Å²) < 4.78 is 11.8. The second-order valence-electron chi connectivity index (χ2n) is 7.76. The summed E-state index contributed by atoms with van der Waals surface area (Å²) >= 11 is 3.45. The fraction of sp³-hybridized carbons (Fsp3) is 0.185. The molecule has 3 rings (SSSR count). The summed E-state index contributed by atoms with van der Waals surface area (Å²) in [6, 6.07) is 21.4. The van der Waals surface area contributed by atoms with Crippen LogP contribution in [0.3, 0.4) is 0 Å². The molecule has 0 heterocycles. The average molecular weight is 550 g/mol. The molecule has 184 valence electrons. The molecule has 0 aliphatic carbocycles. The van der Waals surface area contributed by atoms with E-state index in [9.17, 15) is 20.2 Å². The van der Waals surface area contributed by atoms with Crippen molar-refractivity contribution in [3.05, 3.63) is 104 Å². The van der Waals surface area contributed by atoms with Gasteiger partial charge in [0.2, 0.25) is 0 Å². The van der Waals surface area contributed by atoms with Gasteiger partial charge in [-0.15, -0.1) is 0 Å². The first-order valence-electron chi connectivity index (χ1n) is 11.1. The Morgan fingerprint density at radius 3 is 2.58 bits per heavy atom. The van der Waals surface area contributed by atoms with Crippen LogP contribution in [0.15, 0.2) is 76.8 Å². The molecule has 0 saturated carbocycles. The number of nitro groups is 1. The molecular weight excluding hydrogens is 526 g/mol. The second kappa shape index (κ2) is 13.1. The highest BCUT2D eigenvalue weighted by molar-refractivity contribution is 9.10. The number of carbonyl (C=O) groups is 1. The molecule has 3 aromatic carbocycles. The molecule has 0 fully saturated rings. The Morgan fingerprint density at radius 2 is 1.89 bits per heavy atom. The summed E-state index contributed by atoms with van der Waals surface area (Å²) in [5.41, 5.74) is 2.32. The number of nitriles is 1. The number of nitro benzene ring substituents is 1. The number of halogens is 1. The number of hydrogen-bond donors (Lipinski definition) is 1. The lowest BCUT2D eigenvalue weighted by molar-refractivity contribution is -0.384. The van der Waals surface area contributed by atoms with E-state index >= 15 is 0 Å². The fourth-order valence-electron chi connectivity index (χ4n) is 3.43. The molecule has 0 unspecified atom stereocenters. The average Bonchev–Trinajstić information content (AvgIpc) is 2.89. The standard InChI is InChI=1S/C27H24BrN3O5/c1-35-25-16-21(13-22(17-29)27(32)30-12-6-10-19-7-3-2-4-8-19)15-24(28)26(25)36-18-20-9-5-11-23(14-20)31(33)34/h2-5,7-9,11,13-16H,6,10,12,18H2,1H3,(H,30,32)/b22-13-. The Hall–Kier alpha value is -4.16. The van der Waals surface area contributed by atoms with Crippen molar-refractivity contribution in [2.45, 2.75) is 19.4 Å².